The molecule has 0 atom stereocenters. The molecule has 0 unspecified atom stereocenters. The molecule has 0 saturated carbocycles. The molecule has 14 heavy (non-hydrogen) atoms. The fourth-order valence-corrected chi connectivity index (χ4v) is 1.45. The lowest BCUT2D eigenvalue weighted by Crippen LogP contribution is -2.03. The van der Waals surface area contributed by atoms with E-state index in [1.165, 1.54) is 6.07 Å². The number of aromatic nitrogens is 1. The average Bonchev–Trinajstić information content (AvgIpc) is 2.17. The Hall–Kier alpha value is -0.740. The van der Waals surface area contributed by atoms with Crippen molar-refractivity contribution in [1.29, 1.82) is 0 Å². The average molecular weight is 222 g/mol. The summed E-state index contributed by atoms with van der Waals surface area (Å²) in [7, 11) is 0. The zero-order valence-electron chi connectivity index (χ0n) is 7.60. The van der Waals surface area contributed by atoms with Gasteiger partial charge in [0.05, 0.1) is 12.3 Å². The Balaban J connectivity index is 3.27. The second kappa shape index (κ2) is 4.66. The van der Waals surface area contributed by atoms with E-state index in [-0.39, 0.29) is 23.9 Å². The zero-order chi connectivity index (χ0) is 10.7. The maximum atomic E-state index is 12.5. The molecular weight excluding hydrogens is 212 g/mol. The summed E-state index contributed by atoms with van der Waals surface area (Å²) in [5.74, 6) is 0.140. The van der Waals surface area contributed by atoms with Crippen molar-refractivity contribution in [2.24, 2.45) is 0 Å². The molecule has 1 aromatic rings. The predicted molar refractivity (Wildman–Crippen MR) is 49.4 cm³/mol. The van der Waals surface area contributed by atoms with E-state index in [1.807, 2.05) is 0 Å². The highest BCUT2D eigenvalue weighted by Crippen LogP contribution is 2.24. The molecule has 1 aromatic heterocycles. The van der Waals surface area contributed by atoms with Crippen molar-refractivity contribution in [1.82, 2.24) is 4.98 Å². The summed E-state index contributed by atoms with van der Waals surface area (Å²) in [4.78, 5) is 3.64. The minimum absolute atomic E-state index is 0.140. The summed E-state index contributed by atoms with van der Waals surface area (Å²) >= 11 is 5.58. The molecule has 0 bridgehead atoms. The first kappa shape index (κ1) is 11.3. The molecule has 0 aliphatic rings. The predicted octanol–water partition coefficient (Wildman–Crippen LogP) is 2.56. The quantitative estimate of drug-likeness (QED) is 0.796. The summed E-state index contributed by atoms with van der Waals surface area (Å²) in [6.07, 6.45) is -2.64. The van der Waals surface area contributed by atoms with Crippen LogP contribution in [-0.4, -0.2) is 10.1 Å². The van der Waals surface area contributed by atoms with Crippen LogP contribution in [-0.2, 0) is 12.5 Å². The van der Waals surface area contributed by atoms with Gasteiger partial charge in [-0.15, -0.1) is 11.6 Å². The molecular formula is C9H10ClF2NO. The Morgan fingerprint density at radius 1 is 1.57 bits per heavy atom. The number of hydrogen-bond acceptors (Lipinski definition) is 2. The monoisotopic (exact) mass is 221 g/mol. The van der Waals surface area contributed by atoms with Crippen molar-refractivity contribution >= 4 is 11.6 Å². The largest absolute Gasteiger partial charge is 0.390 e. The van der Waals surface area contributed by atoms with Crippen LogP contribution in [0.15, 0.2) is 6.07 Å². The number of hydrogen-bond donors (Lipinski definition) is 1. The smallest absolute Gasteiger partial charge is 0.280 e. The Morgan fingerprint density at radius 3 is 2.64 bits per heavy atom. The number of pyridine rings is 1. The lowest BCUT2D eigenvalue weighted by molar-refractivity contribution is 0.144. The van der Waals surface area contributed by atoms with E-state index in [9.17, 15) is 8.78 Å². The standard InChI is InChI=1S/C9H10ClF2NO/c1-5-6(3-10)2-7(4-14)13-8(5)9(11)12/h2,9,14H,3-4H2,1H3. The van der Waals surface area contributed by atoms with Gasteiger partial charge in [-0.25, -0.2) is 13.8 Å². The highest BCUT2D eigenvalue weighted by Gasteiger charge is 2.16. The van der Waals surface area contributed by atoms with Crippen LogP contribution in [0.2, 0.25) is 0 Å². The topological polar surface area (TPSA) is 33.1 Å². The number of aliphatic hydroxyl groups excluding tert-OH is 1. The molecule has 0 radical (unpaired) electrons. The molecule has 0 fully saturated rings. The molecule has 0 aliphatic carbocycles. The van der Waals surface area contributed by atoms with Crippen molar-refractivity contribution < 1.29 is 13.9 Å². The van der Waals surface area contributed by atoms with Crippen LogP contribution in [0, 0.1) is 6.92 Å². The zero-order valence-corrected chi connectivity index (χ0v) is 8.35. The number of halogens is 3. The molecule has 0 aromatic carbocycles. The number of alkyl halides is 3. The van der Waals surface area contributed by atoms with Crippen molar-refractivity contribution in [2.75, 3.05) is 0 Å². The van der Waals surface area contributed by atoms with Gasteiger partial charge in [0.15, 0.2) is 0 Å². The van der Waals surface area contributed by atoms with Crippen molar-refractivity contribution in [3.05, 3.63) is 28.6 Å². The third kappa shape index (κ3) is 2.19. The minimum atomic E-state index is -2.64. The van der Waals surface area contributed by atoms with Crippen LogP contribution in [0.25, 0.3) is 0 Å². The molecule has 1 rings (SSSR count). The highest BCUT2D eigenvalue weighted by molar-refractivity contribution is 6.17. The van der Waals surface area contributed by atoms with Gasteiger partial charge >= 0.3 is 0 Å². The molecule has 0 saturated heterocycles. The van der Waals surface area contributed by atoms with E-state index in [2.05, 4.69) is 4.98 Å². The lowest BCUT2D eigenvalue weighted by atomic mass is 10.1. The third-order valence-electron chi connectivity index (χ3n) is 1.98. The third-order valence-corrected chi connectivity index (χ3v) is 2.27. The molecule has 78 valence electrons. The number of aliphatic hydroxyl groups is 1. The first-order chi connectivity index (χ1) is 6.60. The second-order valence-corrected chi connectivity index (χ2v) is 3.14. The fourth-order valence-electron chi connectivity index (χ4n) is 1.18. The normalized spacial score (nSPS) is 11.0. The van der Waals surface area contributed by atoms with Crippen LogP contribution in [0.3, 0.4) is 0 Å². The first-order valence-electron chi connectivity index (χ1n) is 4.04. The van der Waals surface area contributed by atoms with Crippen molar-refractivity contribution in [2.45, 2.75) is 25.8 Å². The summed E-state index contributed by atoms with van der Waals surface area (Å²) in [5, 5.41) is 8.80. The van der Waals surface area contributed by atoms with E-state index >= 15 is 0 Å². The SMILES string of the molecule is Cc1c(CCl)cc(CO)nc1C(F)F. The van der Waals surface area contributed by atoms with Crippen LogP contribution >= 0.6 is 11.6 Å². The van der Waals surface area contributed by atoms with Gasteiger partial charge in [0.1, 0.15) is 5.69 Å². The maximum Gasteiger partial charge on any atom is 0.280 e. The van der Waals surface area contributed by atoms with Crippen molar-refractivity contribution in [3.8, 4) is 0 Å². The van der Waals surface area contributed by atoms with Crippen LogP contribution in [0.4, 0.5) is 8.78 Å². The molecule has 0 spiro atoms. The van der Waals surface area contributed by atoms with Gasteiger partial charge in [0.25, 0.3) is 6.43 Å². The fraction of sp³-hybridized carbons (Fsp3) is 0.444. The molecule has 1 heterocycles. The summed E-state index contributed by atoms with van der Waals surface area (Å²) in [5.41, 5.74) is 0.905. The Kier molecular flexibility index (Phi) is 3.77. The van der Waals surface area contributed by atoms with Crippen LogP contribution in [0.5, 0.6) is 0 Å². The molecule has 1 N–H and O–H groups in total. The molecule has 0 aliphatic heterocycles. The summed E-state index contributed by atoms with van der Waals surface area (Å²) in [6, 6.07) is 1.54. The second-order valence-electron chi connectivity index (χ2n) is 2.88. The Labute approximate surface area is 85.5 Å². The highest BCUT2D eigenvalue weighted by atomic mass is 35.5. The van der Waals surface area contributed by atoms with Gasteiger partial charge < -0.3 is 5.11 Å². The summed E-state index contributed by atoms with van der Waals surface area (Å²) < 4.78 is 24.9. The summed E-state index contributed by atoms with van der Waals surface area (Å²) in [6.45, 7) is 1.19. The lowest BCUT2D eigenvalue weighted by Gasteiger charge is -2.10. The van der Waals surface area contributed by atoms with Crippen LogP contribution in [0.1, 0.15) is 28.9 Å². The van der Waals surface area contributed by atoms with Gasteiger partial charge in [0, 0.05) is 5.88 Å². The van der Waals surface area contributed by atoms with Gasteiger partial charge in [-0.05, 0) is 24.1 Å². The number of rotatable bonds is 3. The number of nitrogens with zero attached hydrogens (tertiary/aromatic N) is 1. The van der Waals surface area contributed by atoms with Crippen molar-refractivity contribution in [3.63, 3.8) is 0 Å². The van der Waals surface area contributed by atoms with Gasteiger partial charge in [0.2, 0.25) is 0 Å². The van der Waals surface area contributed by atoms with E-state index in [1.54, 1.807) is 6.92 Å². The van der Waals surface area contributed by atoms with E-state index in [0.29, 0.717) is 11.1 Å². The molecule has 0 amide bonds. The maximum absolute atomic E-state index is 12.5. The van der Waals surface area contributed by atoms with E-state index < -0.39 is 6.43 Å². The molecule has 2 nitrogen and oxygen atoms in total. The molecule has 5 heteroatoms. The van der Waals surface area contributed by atoms with Gasteiger partial charge in [-0.2, -0.15) is 0 Å². The van der Waals surface area contributed by atoms with E-state index in [0.717, 1.165) is 0 Å². The van der Waals surface area contributed by atoms with Crippen LogP contribution < -0.4 is 0 Å². The first-order valence-corrected chi connectivity index (χ1v) is 4.57. The van der Waals surface area contributed by atoms with E-state index in [4.69, 9.17) is 16.7 Å². The minimum Gasteiger partial charge on any atom is -0.390 e. The Morgan fingerprint density at radius 2 is 2.21 bits per heavy atom. The van der Waals surface area contributed by atoms with Gasteiger partial charge in [-0.3, -0.25) is 0 Å². The Bertz CT molecular complexity index is 331. The van der Waals surface area contributed by atoms with Gasteiger partial charge in [-0.1, -0.05) is 0 Å².